The third-order valence-electron chi connectivity index (χ3n) is 6.84. The van der Waals surface area contributed by atoms with E-state index in [1.165, 1.54) is 4.88 Å². The van der Waals surface area contributed by atoms with Crippen LogP contribution in [-0.4, -0.2) is 20.2 Å². The molecule has 4 aromatic heterocycles. The molecule has 0 saturated carbocycles. The largest absolute Gasteiger partial charge is 0.359 e. The maximum Gasteiger partial charge on any atom is 0.135 e. The van der Waals surface area contributed by atoms with E-state index in [9.17, 15) is 0 Å². The molecule has 41 heavy (non-hydrogen) atoms. The molecule has 0 saturated heterocycles. The summed E-state index contributed by atoms with van der Waals surface area (Å²) in [6.45, 7) is 24.5. The Morgan fingerprint density at radius 3 is 2.56 bits per heavy atom. The van der Waals surface area contributed by atoms with Gasteiger partial charge in [-0.05, 0) is 87.2 Å². The van der Waals surface area contributed by atoms with Crippen LogP contribution in [0.5, 0.6) is 0 Å². The van der Waals surface area contributed by atoms with Crippen LogP contribution in [0, 0.1) is 6.92 Å². The molecule has 0 aliphatic heterocycles. The molecule has 5 nitrogen and oxygen atoms in total. The molecular formula is C35H39N5S. The molecule has 6 heteroatoms. The first kappa shape index (κ1) is 29.6. The summed E-state index contributed by atoms with van der Waals surface area (Å²) in [4.78, 5) is 10.9. The van der Waals surface area contributed by atoms with Crippen molar-refractivity contribution in [3.05, 3.63) is 125 Å². The molecule has 0 amide bonds. The van der Waals surface area contributed by atoms with Crippen molar-refractivity contribution in [1.82, 2.24) is 25.5 Å². The van der Waals surface area contributed by atoms with Gasteiger partial charge in [0.2, 0.25) is 0 Å². The maximum absolute atomic E-state index is 5.05. The standard InChI is InChI=1S/C35H39N5S/c1-9-13-15-23(7)36-26(12-4)20-25(11-3)29-16-17-30-34(38-29)35(40-39-30)31-21-28(24(8)37-31)27(14-10-2)33-19-18-32(41-33)22(5)6/h10-12,14,16-21,36-37H,2,4-5,7,9,13,15H2,1,3,6,8H3,(H,39,40)/b25-11+,26-20+,27-14+. The Morgan fingerprint density at radius 2 is 1.90 bits per heavy atom. The average molecular weight is 562 g/mol. The van der Waals surface area contributed by atoms with Gasteiger partial charge in [-0.25, -0.2) is 4.98 Å². The van der Waals surface area contributed by atoms with Gasteiger partial charge in [0, 0.05) is 38.0 Å². The zero-order chi connectivity index (χ0) is 29.5. The number of fused-ring (bicyclic) bond motifs is 1. The van der Waals surface area contributed by atoms with E-state index in [1.807, 2.05) is 38.1 Å². The SMILES string of the molecule is C=C/C=C(/c1ccc(C(=C)C)s1)c1cc(-c2n[nH]c3ccc(C(/C=C(\C=C)NC(=C)CCCC)=C/C)nc23)[nH]c1C. The lowest BCUT2D eigenvalue weighted by Crippen LogP contribution is -2.10. The van der Waals surface area contributed by atoms with Crippen molar-refractivity contribution >= 4 is 39.1 Å². The highest BCUT2D eigenvalue weighted by Gasteiger charge is 2.18. The minimum atomic E-state index is 0.775. The summed E-state index contributed by atoms with van der Waals surface area (Å²) in [5, 5.41) is 11.2. The number of hydrogen-bond acceptors (Lipinski definition) is 4. The second-order valence-electron chi connectivity index (χ2n) is 10.0. The minimum absolute atomic E-state index is 0.775. The van der Waals surface area contributed by atoms with Crippen LogP contribution in [0.3, 0.4) is 0 Å². The lowest BCUT2D eigenvalue weighted by molar-refractivity contribution is 0.751. The molecule has 0 radical (unpaired) electrons. The second kappa shape index (κ2) is 13.3. The van der Waals surface area contributed by atoms with Crippen molar-refractivity contribution < 1.29 is 0 Å². The van der Waals surface area contributed by atoms with Crippen LogP contribution >= 0.6 is 11.3 Å². The summed E-state index contributed by atoms with van der Waals surface area (Å²) in [5.41, 5.74) is 11.4. The fourth-order valence-electron chi connectivity index (χ4n) is 4.62. The molecule has 210 valence electrons. The Bertz CT molecular complexity index is 1700. The van der Waals surface area contributed by atoms with Gasteiger partial charge in [-0.1, -0.05) is 57.9 Å². The van der Waals surface area contributed by atoms with Gasteiger partial charge in [-0.2, -0.15) is 5.10 Å². The van der Waals surface area contributed by atoms with Crippen LogP contribution in [0.25, 0.3) is 39.1 Å². The van der Waals surface area contributed by atoms with E-state index in [0.717, 1.165) is 91.6 Å². The van der Waals surface area contributed by atoms with Crippen LogP contribution in [0.4, 0.5) is 0 Å². The number of aromatic nitrogens is 4. The predicted molar refractivity (Wildman–Crippen MR) is 178 cm³/mol. The first-order valence-corrected chi connectivity index (χ1v) is 14.7. The zero-order valence-corrected chi connectivity index (χ0v) is 25.3. The summed E-state index contributed by atoms with van der Waals surface area (Å²) in [7, 11) is 0. The van der Waals surface area contributed by atoms with E-state index in [2.05, 4.69) is 97.1 Å². The van der Waals surface area contributed by atoms with Crippen LogP contribution in [0.2, 0.25) is 0 Å². The summed E-state index contributed by atoms with van der Waals surface area (Å²) < 4.78 is 0. The fraction of sp³-hybridized carbons (Fsp3) is 0.200. The maximum atomic E-state index is 5.05. The molecule has 4 aromatic rings. The van der Waals surface area contributed by atoms with Crippen LogP contribution < -0.4 is 5.32 Å². The van der Waals surface area contributed by atoms with Gasteiger partial charge in [-0.3, -0.25) is 5.10 Å². The quantitative estimate of drug-likeness (QED) is 0.142. The summed E-state index contributed by atoms with van der Waals surface area (Å²) in [6, 6.07) is 10.4. The molecule has 4 rings (SSSR count). The molecule has 4 heterocycles. The molecule has 0 bridgehead atoms. The second-order valence-corrected chi connectivity index (χ2v) is 11.1. The lowest BCUT2D eigenvalue weighted by Gasteiger charge is -2.11. The van der Waals surface area contributed by atoms with Gasteiger partial charge in [-0.15, -0.1) is 11.3 Å². The van der Waals surface area contributed by atoms with Crippen LogP contribution in [-0.2, 0) is 0 Å². The number of aryl methyl sites for hydroxylation is 1. The van der Waals surface area contributed by atoms with Crippen LogP contribution in [0.15, 0.2) is 98.4 Å². The number of H-pyrrole nitrogens is 2. The van der Waals surface area contributed by atoms with E-state index in [0.29, 0.717) is 0 Å². The van der Waals surface area contributed by atoms with Crippen molar-refractivity contribution in [3.8, 4) is 11.4 Å². The molecule has 0 spiro atoms. The van der Waals surface area contributed by atoms with Gasteiger partial charge in [0.05, 0.1) is 16.9 Å². The third-order valence-corrected chi connectivity index (χ3v) is 8.12. The van der Waals surface area contributed by atoms with E-state index in [-0.39, 0.29) is 0 Å². The van der Waals surface area contributed by atoms with Gasteiger partial charge >= 0.3 is 0 Å². The van der Waals surface area contributed by atoms with Gasteiger partial charge < -0.3 is 10.3 Å². The topological polar surface area (TPSA) is 69.4 Å². The normalized spacial score (nSPS) is 12.5. The van der Waals surface area contributed by atoms with E-state index < -0.39 is 0 Å². The molecule has 3 N–H and O–H groups in total. The number of pyridine rings is 1. The van der Waals surface area contributed by atoms with Gasteiger partial charge in [0.25, 0.3) is 0 Å². The number of thiophene rings is 1. The molecule has 0 unspecified atom stereocenters. The van der Waals surface area contributed by atoms with Crippen molar-refractivity contribution in [2.24, 2.45) is 0 Å². The Kier molecular flexibility index (Phi) is 9.58. The molecule has 0 aliphatic rings. The minimum Gasteiger partial charge on any atom is -0.359 e. The monoisotopic (exact) mass is 561 g/mol. The summed E-state index contributed by atoms with van der Waals surface area (Å²) in [6.07, 6.45) is 13.0. The highest BCUT2D eigenvalue weighted by atomic mass is 32.1. The van der Waals surface area contributed by atoms with Crippen molar-refractivity contribution in [2.75, 3.05) is 0 Å². The predicted octanol–water partition coefficient (Wildman–Crippen LogP) is 9.74. The van der Waals surface area contributed by atoms with Crippen molar-refractivity contribution in [3.63, 3.8) is 0 Å². The van der Waals surface area contributed by atoms with E-state index in [4.69, 9.17) is 4.98 Å². The summed E-state index contributed by atoms with van der Waals surface area (Å²) in [5.74, 6) is 0. The number of unbranched alkanes of at least 4 members (excludes halogenated alkanes) is 1. The van der Waals surface area contributed by atoms with E-state index in [1.54, 1.807) is 11.3 Å². The molecular weight excluding hydrogens is 522 g/mol. The third kappa shape index (κ3) is 6.67. The average Bonchev–Trinajstić information content (AvgIpc) is 3.71. The fourth-order valence-corrected chi connectivity index (χ4v) is 5.59. The Balaban J connectivity index is 1.71. The molecule has 0 aliphatic carbocycles. The molecule has 0 fully saturated rings. The highest BCUT2D eigenvalue weighted by Crippen LogP contribution is 2.36. The van der Waals surface area contributed by atoms with Gasteiger partial charge in [0.15, 0.2) is 0 Å². The Hall–Kier alpha value is -4.42. The van der Waals surface area contributed by atoms with Crippen molar-refractivity contribution in [2.45, 2.75) is 47.0 Å². The number of allylic oxidation sites excluding steroid dienone is 8. The van der Waals surface area contributed by atoms with Crippen LogP contribution in [0.1, 0.15) is 66.7 Å². The molecule has 0 atom stereocenters. The summed E-state index contributed by atoms with van der Waals surface area (Å²) >= 11 is 1.73. The van der Waals surface area contributed by atoms with Gasteiger partial charge in [0.1, 0.15) is 11.2 Å². The highest BCUT2D eigenvalue weighted by molar-refractivity contribution is 7.14. The number of nitrogens with zero attached hydrogens (tertiary/aromatic N) is 2. The smallest absolute Gasteiger partial charge is 0.135 e. The number of hydrogen-bond donors (Lipinski definition) is 3. The number of nitrogens with one attached hydrogen (secondary N) is 3. The number of aromatic amines is 2. The first-order valence-electron chi connectivity index (χ1n) is 13.9. The number of rotatable bonds is 13. The Labute approximate surface area is 247 Å². The van der Waals surface area contributed by atoms with E-state index >= 15 is 0 Å². The Morgan fingerprint density at radius 1 is 1.12 bits per heavy atom. The molecule has 0 aromatic carbocycles. The lowest BCUT2D eigenvalue weighted by atomic mass is 10.0. The van der Waals surface area contributed by atoms with Crippen molar-refractivity contribution in [1.29, 1.82) is 0 Å². The zero-order valence-electron chi connectivity index (χ0n) is 24.5. The first-order chi connectivity index (χ1) is 19.8.